The van der Waals surface area contributed by atoms with Gasteiger partial charge in [-0.3, -0.25) is 4.57 Å². The second-order valence-electron chi connectivity index (χ2n) is 5.26. The van der Waals surface area contributed by atoms with E-state index in [2.05, 4.69) is 16.8 Å². The zero-order valence-electron chi connectivity index (χ0n) is 12.4. The smallest absolute Gasteiger partial charge is 0.351 e. The van der Waals surface area contributed by atoms with Crippen molar-refractivity contribution in [3.63, 3.8) is 0 Å². The molecule has 5 atom stereocenters. The van der Waals surface area contributed by atoms with Crippen LogP contribution >= 0.6 is 11.6 Å². The summed E-state index contributed by atoms with van der Waals surface area (Å²) in [5, 5.41) is 20.2. The summed E-state index contributed by atoms with van der Waals surface area (Å²) >= 11 is 6.47. The number of nitrogens with two attached hydrogens (primary N) is 1. The molecular formula is C14H18ClN3O4. The van der Waals surface area contributed by atoms with Crippen molar-refractivity contribution in [1.29, 1.82) is 0 Å². The second kappa shape index (κ2) is 5.89. The SMILES string of the molecule is CC#CC1(Cl)[C@@H](O)[C@@H]([C@H](C)O)O[C@H]1n1c(C)cc(N)nc1=O. The molecule has 0 radical (unpaired) electrons. The zero-order valence-corrected chi connectivity index (χ0v) is 13.2. The first-order valence-electron chi connectivity index (χ1n) is 6.72. The third-order valence-corrected chi connectivity index (χ3v) is 4.09. The van der Waals surface area contributed by atoms with E-state index in [1.54, 1.807) is 13.8 Å². The molecule has 22 heavy (non-hydrogen) atoms. The second-order valence-corrected chi connectivity index (χ2v) is 5.88. The summed E-state index contributed by atoms with van der Waals surface area (Å²) < 4.78 is 6.82. The van der Waals surface area contributed by atoms with Crippen molar-refractivity contribution in [2.45, 2.75) is 50.2 Å². The van der Waals surface area contributed by atoms with Gasteiger partial charge in [-0.25, -0.2) is 4.79 Å². The lowest BCUT2D eigenvalue weighted by atomic mass is 9.96. The topological polar surface area (TPSA) is 111 Å². The van der Waals surface area contributed by atoms with E-state index >= 15 is 0 Å². The fourth-order valence-corrected chi connectivity index (χ4v) is 2.94. The normalized spacial score (nSPS) is 32.4. The Kier molecular flexibility index (Phi) is 4.49. The lowest BCUT2D eigenvalue weighted by molar-refractivity contribution is -0.0777. The molecule has 0 aliphatic carbocycles. The molecule has 1 aliphatic heterocycles. The molecule has 8 heteroatoms. The number of anilines is 1. The Morgan fingerprint density at radius 1 is 1.64 bits per heavy atom. The van der Waals surface area contributed by atoms with Gasteiger partial charge < -0.3 is 20.7 Å². The standard InChI is InChI=1S/C14H18ClN3O4/c1-4-5-14(15)11(20)10(8(3)19)22-12(14)18-7(2)6-9(16)17-13(18)21/h6,8,10-12,19-20H,1-3H3,(H2,16,17,21)/t8-,10+,11-,12+,14?/m0/s1. The highest BCUT2D eigenvalue weighted by atomic mass is 35.5. The van der Waals surface area contributed by atoms with E-state index < -0.39 is 35.1 Å². The highest BCUT2D eigenvalue weighted by Gasteiger charge is 2.57. The van der Waals surface area contributed by atoms with Gasteiger partial charge in [-0.1, -0.05) is 17.5 Å². The summed E-state index contributed by atoms with van der Waals surface area (Å²) in [5.41, 5.74) is 5.34. The molecule has 0 bridgehead atoms. The van der Waals surface area contributed by atoms with E-state index in [0.717, 1.165) is 0 Å². The van der Waals surface area contributed by atoms with E-state index in [-0.39, 0.29) is 5.82 Å². The van der Waals surface area contributed by atoms with Crippen LogP contribution in [0.3, 0.4) is 0 Å². The summed E-state index contributed by atoms with van der Waals surface area (Å²) in [6.45, 7) is 4.66. The van der Waals surface area contributed by atoms with Gasteiger partial charge in [0.1, 0.15) is 18.0 Å². The summed E-state index contributed by atoms with van der Waals surface area (Å²) in [6.07, 6.45) is -4.35. The van der Waals surface area contributed by atoms with Crippen LogP contribution in [0.25, 0.3) is 0 Å². The number of aliphatic hydroxyl groups excluding tert-OH is 2. The zero-order chi connectivity index (χ0) is 16.7. The van der Waals surface area contributed by atoms with Crippen LogP contribution in [-0.4, -0.2) is 43.0 Å². The first-order chi connectivity index (χ1) is 10.2. The van der Waals surface area contributed by atoms with Crippen LogP contribution in [0.5, 0.6) is 0 Å². The van der Waals surface area contributed by atoms with Crippen molar-refractivity contribution in [2.24, 2.45) is 0 Å². The number of nitrogen functional groups attached to an aromatic ring is 1. The number of ether oxygens (including phenoxy) is 1. The lowest BCUT2D eigenvalue weighted by Gasteiger charge is -2.27. The average Bonchev–Trinajstić information content (AvgIpc) is 2.63. The molecule has 2 heterocycles. The average molecular weight is 328 g/mol. The van der Waals surface area contributed by atoms with Crippen molar-refractivity contribution in [3.05, 3.63) is 22.2 Å². The molecule has 1 fully saturated rings. The number of hydrogen-bond acceptors (Lipinski definition) is 6. The van der Waals surface area contributed by atoms with Crippen LogP contribution in [0, 0.1) is 18.8 Å². The minimum atomic E-state index is -1.58. The Balaban J connectivity index is 2.62. The van der Waals surface area contributed by atoms with E-state index in [1.807, 2.05) is 0 Å². The van der Waals surface area contributed by atoms with Crippen molar-refractivity contribution in [3.8, 4) is 11.8 Å². The quantitative estimate of drug-likeness (QED) is 0.511. The fraction of sp³-hybridized carbons (Fsp3) is 0.571. The maximum atomic E-state index is 12.2. The number of alkyl halides is 1. The van der Waals surface area contributed by atoms with Crippen LogP contribution in [0.2, 0.25) is 0 Å². The molecule has 0 amide bonds. The molecule has 120 valence electrons. The van der Waals surface area contributed by atoms with Gasteiger partial charge in [0.2, 0.25) is 0 Å². The van der Waals surface area contributed by atoms with E-state index in [1.165, 1.54) is 17.6 Å². The summed E-state index contributed by atoms with van der Waals surface area (Å²) in [6, 6.07) is 1.49. The van der Waals surface area contributed by atoms with Gasteiger partial charge in [0, 0.05) is 5.69 Å². The summed E-state index contributed by atoms with van der Waals surface area (Å²) in [5.74, 6) is 5.38. The number of aliphatic hydroxyl groups is 2. The number of aryl methyl sites for hydroxylation is 1. The molecule has 0 saturated carbocycles. The first kappa shape index (κ1) is 16.8. The molecule has 2 rings (SSSR count). The van der Waals surface area contributed by atoms with Crippen LogP contribution in [0.4, 0.5) is 5.82 Å². The van der Waals surface area contributed by atoms with Crippen molar-refractivity contribution < 1.29 is 14.9 Å². The van der Waals surface area contributed by atoms with Crippen molar-refractivity contribution in [1.82, 2.24) is 9.55 Å². The summed E-state index contributed by atoms with van der Waals surface area (Å²) in [7, 11) is 0. The van der Waals surface area contributed by atoms with Gasteiger partial charge in [0.15, 0.2) is 11.1 Å². The molecule has 1 unspecified atom stereocenters. The van der Waals surface area contributed by atoms with Crippen LogP contribution < -0.4 is 11.4 Å². The van der Waals surface area contributed by atoms with Gasteiger partial charge in [-0.15, -0.1) is 5.92 Å². The monoisotopic (exact) mass is 327 g/mol. The highest BCUT2D eigenvalue weighted by molar-refractivity contribution is 6.27. The number of nitrogens with zero attached hydrogens (tertiary/aromatic N) is 2. The van der Waals surface area contributed by atoms with E-state index in [9.17, 15) is 15.0 Å². The van der Waals surface area contributed by atoms with Gasteiger partial charge in [-0.05, 0) is 26.8 Å². The van der Waals surface area contributed by atoms with Crippen molar-refractivity contribution in [2.75, 3.05) is 5.73 Å². The van der Waals surface area contributed by atoms with E-state index in [4.69, 9.17) is 22.1 Å². The third-order valence-electron chi connectivity index (χ3n) is 3.58. The van der Waals surface area contributed by atoms with E-state index in [0.29, 0.717) is 5.69 Å². The Bertz CT molecular complexity index is 694. The molecule has 0 aromatic carbocycles. The highest BCUT2D eigenvalue weighted by Crippen LogP contribution is 2.44. The molecule has 4 N–H and O–H groups in total. The molecule has 0 spiro atoms. The lowest BCUT2D eigenvalue weighted by Crippen LogP contribution is -2.45. The van der Waals surface area contributed by atoms with Crippen molar-refractivity contribution >= 4 is 17.4 Å². The third kappa shape index (κ3) is 2.59. The van der Waals surface area contributed by atoms with Crippen LogP contribution in [0.1, 0.15) is 25.8 Å². The Labute approximate surface area is 132 Å². The first-order valence-corrected chi connectivity index (χ1v) is 7.10. The van der Waals surface area contributed by atoms with Gasteiger partial charge in [0.05, 0.1) is 6.10 Å². The Morgan fingerprint density at radius 3 is 2.77 bits per heavy atom. The Hall–Kier alpha value is -1.59. The predicted molar refractivity (Wildman–Crippen MR) is 81.3 cm³/mol. The molecular weight excluding hydrogens is 310 g/mol. The Morgan fingerprint density at radius 2 is 2.27 bits per heavy atom. The minimum absolute atomic E-state index is 0.0751. The number of rotatable bonds is 2. The maximum absolute atomic E-state index is 12.2. The van der Waals surface area contributed by atoms with Gasteiger partial charge in [-0.2, -0.15) is 4.98 Å². The molecule has 1 aliphatic rings. The molecule has 1 aromatic rings. The number of aromatic nitrogens is 2. The van der Waals surface area contributed by atoms with Gasteiger partial charge in [0.25, 0.3) is 0 Å². The van der Waals surface area contributed by atoms with Gasteiger partial charge >= 0.3 is 5.69 Å². The predicted octanol–water partition coefficient (Wildman–Crippen LogP) is -0.226. The molecule has 1 saturated heterocycles. The van der Waals surface area contributed by atoms with Crippen LogP contribution in [-0.2, 0) is 4.74 Å². The largest absolute Gasteiger partial charge is 0.391 e. The minimum Gasteiger partial charge on any atom is -0.391 e. The number of halogens is 1. The van der Waals surface area contributed by atoms with Crippen LogP contribution in [0.15, 0.2) is 10.9 Å². The number of hydrogen-bond donors (Lipinski definition) is 3. The molecule has 7 nitrogen and oxygen atoms in total. The maximum Gasteiger partial charge on any atom is 0.351 e. The summed E-state index contributed by atoms with van der Waals surface area (Å²) in [4.78, 5) is 14.2. The fourth-order valence-electron chi connectivity index (χ4n) is 2.58. The molecule has 1 aromatic heterocycles.